The van der Waals surface area contributed by atoms with Crippen molar-refractivity contribution in [2.24, 2.45) is 18.9 Å². The maximum atomic E-state index is 4.30. The molecule has 0 spiro atoms. The Bertz CT molecular complexity index is 412. The molecule has 1 aromatic heterocycles. The maximum Gasteiger partial charge on any atom is 0.0538 e. The lowest BCUT2D eigenvalue weighted by molar-refractivity contribution is 0.208. The van der Waals surface area contributed by atoms with Gasteiger partial charge in [-0.3, -0.25) is 4.68 Å². The van der Waals surface area contributed by atoms with Gasteiger partial charge in [-0.25, -0.2) is 0 Å². The quantitative estimate of drug-likeness (QED) is 0.898. The monoisotopic (exact) mass is 278 g/mol. The van der Waals surface area contributed by atoms with Gasteiger partial charge in [0.2, 0.25) is 0 Å². The normalized spacial score (nSPS) is 28.8. The second-order valence-electron chi connectivity index (χ2n) is 6.80. The number of rotatable bonds is 5. The van der Waals surface area contributed by atoms with E-state index >= 15 is 0 Å². The maximum absolute atomic E-state index is 4.30. The number of aryl methyl sites for hydroxylation is 1. The van der Waals surface area contributed by atoms with E-state index in [0.29, 0.717) is 12.1 Å². The Hall–Kier alpha value is -0.870. The molecule has 20 heavy (non-hydrogen) atoms. The lowest BCUT2D eigenvalue weighted by Gasteiger charge is -2.34. The van der Waals surface area contributed by atoms with Gasteiger partial charge < -0.3 is 10.2 Å². The summed E-state index contributed by atoms with van der Waals surface area (Å²) in [4.78, 5) is 2.28. The van der Waals surface area contributed by atoms with Crippen molar-refractivity contribution >= 4 is 0 Å². The molecule has 1 aromatic rings. The third-order valence-corrected chi connectivity index (χ3v) is 4.93. The molecule has 0 saturated heterocycles. The molecule has 1 saturated carbocycles. The Labute approximate surface area is 123 Å². The first-order chi connectivity index (χ1) is 9.47. The first kappa shape index (κ1) is 15.5. The van der Waals surface area contributed by atoms with Gasteiger partial charge in [0.15, 0.2) is 0 Å². The summed E-state index contributed by atoms with van der Waals surface area (Å²) < 4.78 is 1.89. The molecule has 4 atom stereocenters. The Morgan fingerprint density at radius 1 is 1.35 bits per heavy atom. The van der Waals surface area contributed by atoms with E-state index in [1.54, 1.807) is 0 Å². The van der Waals surface area contributed by atoms with Crippen LogP contribution in [0.1, 0.15) is 44.7 Å². The molecule has 0 amide bonds. The number of aromatic nitrogens is 2. The number of nitrogens with zero attached hydrogens (tertiary/aromatic N) is 3. The van der Waals surface area contributed by atoms with Gasteiger partial charge in [-0.1, -0.05) is 13.8 Å². The molecule has 0 aliphatic heterocycles. The molecular weight excluding hydrogens is 248 g/mol. The molecule has 4 heteroatoms. The third kappa shape index (κ3) is 3.83. The molecule has 4 nitrogen and oxygen atoms in total. The Morgan fingerprint density at radius 3 is 2.65 bits per heavy atom. The van der Waals surface area contributed by atoms with Crippen LogP contribution in [0.3, 0.4) is 0 Å². The SMILES string of the molecule is C[C@@H]1CC[C@H](NC[C@@H](c2cnn(C)c2)N(C)C)C[C@@H]1C. The van der Waals surface area contributed by atoms with E-state index in [0.717, 1.165) is 18.4 Å². The lowest BCUT2D eigenvalue weighted by Crippen LogP contribution is -2.40. The van der Waals surface area contributed by atoms with Crippen LogP contribution in [0.4, 0.5) is 0 Å². The van der Waals surface area contributed by atoms with Crippen molar-refractivity contribution in [3.63, 3.8) is 0 Å². The fraction of sp³-hybridized carbons (Fsp3) is 0.812. The predicted molar refractivity (Wildman–Crippen MR) is 83.6 cm³/mol. The summed E-state index contributed by atoms with van der Waals surface area (Å²) >= 11 is 0. The summed E-state index contributed by atoms with van der Waals surface area (Å²) in [6.45, 7) is 5.78. The number of likely N-dealkylation sites (N-methyl/N-ethyl adjacent to an activating group) is 1. The van der Waals surface area contributed by atoms with Gasteiger partial charge in [-0.15, -0.1) is 0 Å². The largest absolute Gasteiger partial charge is 0.312 e. The summed E-state index contributed by atoms with van der Waals surface area (Å²) in [7, 11) is 6.27. The van der Waals surface area contributed by atoms with E-state index in [9.17, 15) is 0 Å². The van der Waals surface area contributed by atoms with E-state index in [2.05, 4.69) is 49.5 Å². The molecule has 1 N–H and O–H groups in total. The van der Waals surface area contributed by atoms with Gasteiger partial charge in [-0.05, 0) is 45.2 Å². The summed E-state index contributed by atoms with van der Waals surface area (Å²) in [5.74, 6) is 1.73. The van der Waals surface area contributed by atoms with Gasteiger partial charge in [0.05, 0.1) is 6.20 Å². The second-order valence-corrected chi connectivity index (χ2v) is 6.80. The zero-order chi connectivity index (χ0) is 14.7. The highest BCUT2D eigenvalue weighted by Gasteiger charge is 2.25. The minimum absolute atomic E-state index is 0.401. The van der Waals surface area contributed by atoms with Gasteiger partial charge >= 0.3 is 0 Å². The third-order valence-electron chi connectivity index (χ3n) is 4.93. The van der Waals surface area contributed by atoms with Crippen molar-refractivity contribution in [3.05, 3.63) is 18.0 Å². The van der Waals surface area contributed by atoms with E-state index in [1.807, 2.05) is 17.9 Å². The molecular formula is C16H30N4. The smallest absolute Gasteiger partial charge is 0.0538 e. The van der Waals surface area contributed by atoms with E-state index in [4.69, 9.17) is 0 Å². The first-order valence-corrected chi connectivity index (χ1v) is 7.85. The van der Waals surface area contributed by atoms with Crippen LogP contribution < -0.4 is 5.32 Å². The van der Waals surface area contributed by atoms with Crippen LogP contribution in [0.25, 0.3) is 0 Å². The standard InChI is InChI=1S/C16H30N4/c1-12-6-7-15(8-13(12)2)17-10-16(19(3)4)14-9-18-20(5)11-14/h9,11-13,15-17H,6-8,10H2,1-5H3/t12-,13+,15+,16+/m1/s1. The predicted octanol–water partition coefficient (Wildman–Crippen LogP) is 2.44. The first-order valence-electron chi connectivity index (χ1n) is 7.85. The molecule has 1 aliphatic rings. The number of hydrogen-bond acceptors (Lipinski definition) is 3. The number of nitrogens with one attached hydrogen (secondary N) is 1. The van der Waals surface area contributed by atoms with Crippen molar-refractivity contribution in [2.75, 3.05) is 20.6 Å². The van der Waals surface area contributed by atoms with Crippen LogP contribution in [0.15, 0.2) is 12.4 Å². The number of hydrogen-bond donors (Lipinski definition) is 1. The topological polar surface area (TPSA) is 33.1 Å². The van der Waals surface area contributed by atoms with Gasteiger partial charge in [0.1, 0.15) is 0 Å². The molecule has 0 radical (unpaired) electrons. The summed E-state index contributed by atoms with van der Waals surface area (Å²) in [6.07, 6.45) is 8.10. The minimum atomic E-state index is 0.401. The van der Waals surface area contributed by atoms with Gasteiger partial charge in [0.25, 0.3) is 0 Å². The van der Waals surface area contributed by atoms with Crippen LogP contribution >= 0.6 is 0 Å². The zero-order valence-electron chi connectivity index (χ0n) is 13.6. The summed E-state index contributed by atoms with van der Waals surface area (Å²) in [5, 5.41) is 8.08. The highest BCUT2D eigenvalue weighted by molar-refractivity contribution is 5.11. The molecule has 2 rings (SSSR count). The van der Waals surface area contributed by atoms with Crippen LogP contribution in [-0.4, -0.2) is 41.4 Å². The van der Waals surface area contributed by atoms with Crippen LogP contribution in [0.5, 0.6) is 0 Å². The molecule has 1 fully saturated rings. The second kappa shape index (κ2) is 6.72. The van der Waals surface area contributed by atoms with Gasteiger partial charge in [-0.2, -0.15) is 5.10 Å². The molecule has 114 valence electrons. The van der Waals surface area contributed by atoms with Crippen LogP contribution in [0, 0.1) is 11.8 Å². The van der Waals surface area contributed by atoms with E-state index in [-0.39, 0.29) is 0 Å². The van der Waals surface area contributed by atoms with Crippen LogP contribution in [0.2, 0.25) is 0 Å². The lowest BCUT2D eigenvalue weighted by atomic mass is 9.79. The fourth-order valence-electron chi connectivity index (χ4n) is 3.22. The van der Waals surface area contributed by atoms with Crippen molar-refractivity contribution in [2.45, 2.75) is 45.2 Å². The van der Waals surface area contributed by atoms with E-state index in [1.165, 1.54) is 24.8 Å². The summed E-state index contributed by atoms with van der Waals surface area (Å²) in [6, 6.07) is 1.08. The zero-order valence-corrected chi connectivity index (χ0v) is 13.6. The Kier molecular flexibility index (Phi) is 5.22. The molecule has 1 heterocycles. The van der Waals surface area contributed by atoms with Crippen molar-refractivity contribution < 1.29 is 0 Å². The van der Waals surface area contributed by atoms with Gasteiger partial charge in [0, 0.05) is 37.4 Å². The highest BCUT2D eigenvalue weighted by atomic mass is 15.2. The molecule has 0 aromatic carbocycles. The molecule has 1 aliphatic carbocycles. The Balaban J connectivity index is 1.90. The van der Waals surface area contributed by atoms with E-state index < -0.39 is 0 Å². The minimum Gasteiger partial charge on any atom is -0.312 e. The highest BCUT2D eigenvalue weighted by Crippen LogP contribution is 2.29. The Morgan fingerprint density at radius 2 is 2.10 bits per heavy atom. The van der Waals surface area contributed by atoms with Crippen molar-refractivity contribution in [3.8, 4) is 0 Å². The van der Waals surface area contributed by atoms with Crippen molar-refractivity contribution in [1.29, 1.82) is 0 Å². The average Bonchev–Trinajstić information content (AvgIpc) is 2.80. The summed E-state index contributed by atoms with van der Waals surface area (Å²) in [5.41, 5.74) is 1.29. The molecule has 0 bridgehead atoms. The van der Waals surface area contributed by atoms with Crippen molar-refractivity contribution in [1.82, 2.24) is 20.0 Å². The van der Waals surface area contributed by atoms with Crippen LogP contribution in [-0.2, 0) is 7.05 Å². The fourth-order valence-corrected chi connectivity index (χ4v) is 3.22. The molecule has 0 unspecified atom stereocenters. The average molecular weight is 278 g/mol.